The third-order valence-corrected chi connectivity index (χ3v) is 1.25. The van der Waals surface area contributed by atoms with Crippen LogP contribution in [0.2, 0.25) is 0 Å². The summed E-state index contributed by atoms with van der Waals surface area (Å²) < 4.78 is 5.30. The SMILES string of the molecule is CC(S)CCOC(C)C. The summed E-state index contributed by atoms with van der Waals surface area (Å²) in [6.45, 7) is 7.00. The lowest BCUT2D eigenvalue weighted by molar-refractivity contribution is 0.0774. The van der Waals surface area contributed by atoms with Gasteiger partial charge in [0.15, 0.2) is 0 Å². The molecule has 0 rings (SSSR count). The molecule has 0 aliphatic heterocycles. The van der Waals surface area contributed by atoms with Gasteiger partial charge in [0.05, 0.1) is 6.10 Å². The van der Waals surface area contributed by atoms with Gasteiger partial charge in [-0.1, -0.05) is 6.92 Å². The second kappa shape index (κ2) is 5.12. The van der Waals surface area contributed by atoms with Gasteiger partial charge in [-0.3, -0.25) is 0 Å². The molecule has 0 amide bonds. The molecule has 0 aromatic rings. The first-order valence-electron chi connectivity index (χ1n) is 3.42. The minimum Gasteiger partial charge on any atom is -0.379 e. The number of hydrogen-bond donors (Lipinski definition) is 1. The third-order valence-electron chi connectivity index (χ3n) is 0.987. The average Bonchev–Trinajstić information content (AvgIpc) is 1.63. The standard InChI is InChI=1S/C7H16OS/c1-6(2)8-5-4-7(3)9/h6-7,9H,4-5H2,1-3H3. The van der Waals surface area contributed by atoms with Crippen LogP contribution in [0.1, 0.15) is 27.2 Å². The molecule has 1 unspecified atom stereocenters. The van der Waals surface area contributed by atoms with Crippen LogP contribution in [-0.2, 0) is 4.74 Å². The van der Waals surface area contributed by atoms with E-state index in [0.29, 0.717) is 11.4 Å². The van der Waals surface area contributed by atoms with Crippen LogP contribution in [0.3, 0.4) is 0 Å². The van der Waals surface area contributed by atoms with Gasteiger partial charge in [0.25, 0.3) is 0 Å². The second-order valence-corrected chi connectivity index (χ2v) is 3.44. The third kappa shape index (κ3) is 8.31. The van der Waals surface area contributed by atoms with E-state index < -0.39 is 0 Å². The van der Waals surface area contributed by atoms with Crippen molar-refractivity contribution in [1.82, 2.24) is 0 Å². The molecule has 56 valence electrons. The number of rotatable bonds is 4. The second-order valence-electron chi connectivity index (χ2n) is 2.56. The monoisotopic (exact) mass is 148 g/mol. The molecule has 1 atom stereocenters. The minimum atomic E-state index is 0.358. The number of ether oxygens (including phenoxy) is 1. The molecule has 9 heavy (non-hydrogen) atoms. The largest absolute Gasteiger partial charge is 0.379 e. The van der Waals surface area contributed by atoms with Crippen molar-refractivity contribution >= 4 is 12.6 Å². The highest BCUT2D eigenvalue weighted by Gasteiger charge is 1.95. The first-order valence-corrected chi connectivity index (χ1v) is 3.94. The van der Waals surface area contributed by atoms with Gasteiger partial charge in [-0.25, -0.2) is 0 Å². The van der Waals surface area contributed by atoms with E-state index >= 15 is 0 Å². The fourth-order valence-corrected chi connectivity index (χ4v) is 0.580. The van der Waals surface area contributed by atoms with Gasteiger partial charge in [-0.15, -0.1) is 0 Å². The summed E-state index contributed by atoms with van der Waals surface area (Å²) in [5.74, 6) is 0. The molecule has 1 nitrogen and oxygen atoms in total. The molecule has 0 N–H and O–H groups in total. The molecule has 0 heterocycles. The van der Waals surface area contributed by atoms with E-state index in [1.807, 2.05) is 13.8 Å². The van der Waals surface area contributed by atoms with Gasteiger partial charge < -0.3 is 4.74 Å². The molecule has 0 aliphatic rings. The Bertz CT molecular complexity index is 53.9. The summed E-state index contributed by atoms with van der Waals surface area (Å²) in [7, 11) is 0. The van der Waals surface area contributed by atoms with Gasteiger partial charge in [0.1, 0.15) is 0 Å². The van der Waals surface area contributed by atoms with E-state index in [1.165, 1.54) is 0 Å². The molecule has 0 radical (unpaired) electrons. The Balaban J connectivity index is 2.91. The summed E-state index contributed by atoms with van der Waals surface area (Å²) in [4.78, 5) is 0. The molecular weight excluding hydrogens is 132 g/mol. The van der Waals surface area contributed by atoms with Crippen molar-refractivity contribution < 1.29 is 4.74 Å². The smallest absolute Gasteiger partial charge is 0.0518 e. The quantitative estimate of drug-likeness (QED) is 0.601. The van der Waals surface area contributed by atoms with Gasteiger partial charge in [0.2, 0.25) is 0 Å². The van der Waals surface area contributed by atoms with Crippen LogP contribution in [0.5, 0.6) is 0 Å². The van der Waals surface area contributed by atoms with E-state index in [0.717, 1.165) is 13.0 Å². The Hall–Kier alpha value is 0.310. The van der Waals surface area contributed by atoms with Gasteiger partial charge in [0, 0.05) is 11.9 Å². The molecule has 0 aromatic carbocycles. The van der Waals surface area contributed by atoms with Crippen LogP contribution < -0.4 is 0 Å². The van der Waals surface area contributed by atoms with Crippen molar-refractivity contribution in [2.75, 3.05) is 6.61 Å². The molecule has 0 saturated carbocycles. The Labute approximate surface area is 63.2 Å². The first-order chi connectivity index (χ1) is 4.13. The van der Waals surface area contributed by atoms with Crippen molar-refractivity contribution in [2.24, 2.45) is 0 Å². The average molecular weight is 148 g/mol. The maximum atomic E-state index is 5.30. The number of hydrogen-bond acceptors (Lipinski definition) is 2. The van der Waals surface area contributed by atoms with E-state index in [1.54, 1.807) is 0 Å². The predicted molar refractivity (Wildman–Crippen MR) is 44.2 cm³/mol. The lowest BCUT2D eigenvalue weighted by atomic mass is 10.3. The van der Waals surface area contributed by atoms with E-state index in [2.05, 4.69) is 19.6 Å². The molecule has 0 saturated heterocycles. The zero-order valence-electron chi connectivity index (χ0n) is 6.42. The fourth-order valence-electron chi connectivity index (χ4n) is 0.474. The Morgan fingerprint density at radius 2 is 1.89 bits per heavy atom. The van der Waals surface area contributed by atoms with Gasteiger partial charge in [-0.05, 0) is 20.3 Å². The van der Waals surface area contributed by atoms with E-state index in [4.69, 9.17) is 4.74 Å². The zero-order chi connectivity index (χ0) is 7.28. The Morgan fingerprint density at radius 3 is 2.22 bits per heavy atom. The summed E-state index contributed by atoms with van der Waals surface area (Å²) in [6.07, 6.45) is 1.40. The maximum absolute atomic E-state index is 5.30. The van der Waals surface area contributed by atoms with Gasteiger partial charge >= 0.3 is 0 Å². The lowest BCUT2D eigenvalue weighted by Gasteiger charge is -2.07. The van der Waals surface area contributed by atoms with Crippen LogP contribution in [0.4, 0.5) is 0 Å². The van der Waals surface area contributed by atoms with E-state index in [-0.39, 0.29) is 0 Å². The molecule has 0 fully saturated rings. The van der Waals surface area contributed by atoms with Crippen LogP contribution in [0.25, 0.3) is 0 Å². The highest BCUT2D eigenvalue weighted by molar-refractivity contribution is 7.80. The molecule has 0 spiro atoms. The Kier molecular flexibility index (Phi) is 5.30. The molecular formula is C7H16OS. The highest BCUT2D eigenvalue weighted by Crippen LogP contribution is 2.00. The van der Waals surface area contributed by atoms with Crippen molar-refractivity contribution in [1.29, 1.82) is 0 Å². The lowest BCUT2D eigenvalue weighted by Crippen LogP contribution is -2.06. The molecule has 2 heteroatoms. The summed E-state index contributed by atoms with van der Waals surface area (Å²) in [5.41, 5.74) is 0. The van der Waals surface area contributed by atoms with Crippen LogP contribution in [0.15, 0.2) is 0 Å². The topological polar surface area (TPSA) is 9.23 Å². The highest BCUT2D eigenvalue weighted by atomic mass is 32.1. The van der Waals surface area contributed by atoms with Crippen molar-refractivity contribution in [2.45, 2.75) is 38.5 Å². The van der Waals surface area contributed by atoms with Crippen molar-refractivity contribution in [3.63, 3.8) is 0 Å². The predicted octanol–water partition coefficient (Wildman–Crippen LogP) is 2.12. The van der Waals surface area contributed by atoms with Crippen LogP contribution in [0, 0.1) is 0 Å². The summed E-state index contributed by atoms with van der Waals surface area (Å²) in [5, 5.41) is 0.462. The summed E-state index contributed by atoms with van der Waals surface area (Å²) in [6, 6.07) is 0. The van der Waals surface area contributed by atoms with E-state index in [9.17, 15) is 0 Å². The normalized spacial score (nSPS) is 14.3. The fraction of sp³-hybridized carbons (Fsp3) is 1.00. The Morgan fingerprint density at radius 1 is 1.33 bits per heavy atom. The van der Waals surface area contributed by atoms with Crippen LogP contribution >= 0.6 is 12.6 Å². The van der Waals surface area contributed by atoms with Crippen LogP contribution in [-0.4, -0.2) is 18.0 Å². The molecule has 0 bridgehead atoms. The first kappa shape index (κ1) is 9.31. The molecule has 0 aliphatic carbocycles. The van der Waals surface area contributed by atoms with Crippen molar-refractivity contribution in [3.8, 4) is 0 Å². The number of thiol groups is 1. The minimum absolute atomic E-state index is 0.358. The zero-order valence-corrected chi connectivity index (χ0v) is 7.32. The summed E-state index contributed by atoms with van der Waals surface area (Å²) >= 11 is 4.22. The van der Waals surface area contributed by atoms with Gasteiger partial charge in [-0.2, -0.15) is 12.6 Å². The van der Waals surface area contributed by atoms with Crippen molar-refractivity contribution in [3.05, 3.63) is 0 Å². The molecule has 0 aromatic heterocycles. The maximum Gasteiger partial charge on any atom is 0.0518 e.